The topological polar surface area (TPSA) is 95.6 Å². The Morgan fingerprint density at radius 2 is 1.75 bits per heavy atom. The third-order valence-electron chi connectivity index (χ3n) is 6.17. The molecular formula is C24H23N7O. The lowest BCUT2D eigenvalue weighted by atomic mass is 10.1. The van der Waals surface area contributed by atoms with E-state index in [1.807, 2.05) is 30.7 Å². The summed E-state index contributed by atoms with van der Waals surface area (Å²) in [5, 5.41) is 9.89. The molecule has 1 fully saturated rings. The van der Waals surface area contributed by atoms with Gasteiger partial charge in [-0.25, -0.2) is 0 Å². The summed E-state index contributed by atoms with van der Waals surface area (Å²) in [7, 11) is 1.63. The maximum Gasteiger partial charge on any atom is 0.137 e. The van der Waals surface area contributed by atoms with E-state index in [9.17, 15) is 0 Å². The number of anilines is 1. The molecule has 32 heavy (non-hydrogen) atoms. The van der Waals surface area contributed by atoms with E-state index in [-0.39, 0.29) is 0 Å². The zero-order valence-electron chi connectivity index (χ0n) is 17.8. The summed E-state index contributed by atoms with van der Waals surface area (Å²) in [6.45, 7) is 2.16. The SMILES string of the molecule is COc1cncc(-c2cc3c(-c4cc5c(N6CCCCC6)cncc5[nH]4)n[nH]c3cn2)c1. The maximum absolute atomic E-state index is 5.31. The monoisotopic (exact) mass is 425 g/mol. The Hall–Kier alpha value is -3.94. The van der Waals surface area contributed by atoms with Crippen molar-refractivity contribution >= 4 is 27.5 Å². The van der Waals surface area contributed by atoms with Crippen LogP contribution in [-0.2, 0) is 0 Å². The third-order valence-corrected chi connectivity index (χ3v) is 6.17. The molecule has 5 aromatic rings. The van der Waals surface area contributed by atoms with Gasteiger partial charge in [-0.2, -0.15) is 5.10 Å². The first-order valence-electron chi connectivity index (χ1n) is 10.9. The van der Waals surface area contributed by atoms with E-state index in [2.05, 4.69) is 41.1 Å². The fourth-order valence-electron chi connectivity index (χ4n) is 4.50. The Labute approximate surface area is 184 Å². The number of fused-ring (bicyclic) bond motifs is 2. The Morgan fingerprint density at radius 3 is 2.62 bits per heavy atom. The number of methoxy groups -OCH3 is 1. The number of hydrogen-bond donors (Lipinski definition) is 2. The molecule has 6 heterocycles. The molecule has 1 aliphatic heterocycles. The van der Waals surface area contributed by atoms with Crippen LogP contribution in [0.4, 0.5) is 5.69 Å². The molecule has 6 rings (SSSR count). The lowest BCUT2D eigenvalue weighted by Crippen LogP contribution is -2.29. The average molecular weight is 425 g/mol. The van der Waals surface area contributed by atoms with E-state index in [0.717, 1.165) is 52.2 Å². The van der Waals surface area contributed by atoms with Gasteiger partial charge in [-0.05, 0) is 37.5 Å². The van der Waals surface area contributed by atoms with E-state index in [1.165, 1.54) is 30.3 Å². The molecule has 1 aliphatic rings. The predicted molar refractivity (Wildman–Crippen MR) is 125 cm³/mol. The average Bonchev–Trinajstić information content (AvgIpc) is 3.48. The normalized spacial score (nSPS) is 14.3. The predicted octanol–water partition coefficient (Wildman–Crippen LogP) is 4.56. The van der Waals surface area contributed by atoms with Gasteiger partial charge in [0.05, 0.1) is 60.0 Å². The lowest BCUT2D eigenvalue weighted by Gasteiger charge is -2.28. The number of aromatic amines is 2. The van der Waals surface area contributed by atoms with Crippen molar-refractivity contribution in [3.8, 4) is 28.4 Å². The molecule has 5 aromatic heterocycles. The Kier molecular flexibility index (Phi) is 4.49. The van der Waals surface area contributed by atoms with Gasteiger partial charge in [-0.15, -0.1) is 0 Å². The van der Waals surface area contributed by atoms with Crippen LogP contribution in [0.3, 0.4) is 0 Å². The zero-order chi connectivity index (χ0) is 21.5. The minimum Gasteiger partial charge on any atom is -0.495 e. The van der Waals surface area contributed by atoms with Crippen LogP contribution in [0.25, 0.3) is 44.5 Å². The first kappa shape index (κ1) is 18.8. The highest BCUT2D eigenvalue weighted by atomic mass is 16.5. The molecule has 0 bridgehead atoms. The van der Waals surface area contributed by atoms with Crippen molar-refractivity contribution in [2.75, 3.05) is 25.1 Å². The largest absolute Gasteiger partial charge is 0.495 e. The number of nitrogens with one attached hydrogen (secondary N) is 2. The third kappa shape index (κ3) is 3.15. The molecule has 8 heteroatoms. The van der Waals surface area contributed by atoms with Crippen molar-refractivity contribution in [3.05, 3.63) is 49.2 Å². The van der Waals surface area contributed by atoms with Crippen molar-refractivity contribution in [2.24, 2.45) is 0 Å². The molecule has 1 saturated heterocycles. The second-order valence-electron chi connectivity index (χ2n) is 8.15. The van der Waals surface area contributed by atoms with Gasteiger partial charge in [0.1, 0.15) is 11.4 Å². The summed E-state index contributed by atoms with van der Waals surface area (Å²) < 4.78 is 5.31. The number of H-pyrrole nitrogens is 2. The molecule has 160 valence electrons. The number of nitrogens with zero attached hydrogens (tertiary/aromatic N) is 5. The highest BCUT2D eigenvalue weighted by Gasteiger charge is 2.18. The Morgan fingerprint density at radius 1 is 0.875 bits per heavy atom. The quantitative estimate of drug-likeness (QED) is 0.438. The van der Waals surface area contributed by atoms with E-state index in [1.54, 1.807) is 19.5 Å². The molecule has 0 unspecified atom stereocenters. The van der Waals surface area contributed by atoms with Gasteiger partial charge in [0, 0.05) is 35.6 Å². The van der Waals surface area contributed by atoms with Gasteiger partial charge in [0.2, 0.25) is 0 Å². The van der Waals surface area contributed by atoms with Crippen LogP contribution in [0, 0.1) is 0 Å². The summed E-state index contributed by atoms with van der Waals surface area (Å²) in [6.07, 6.45) is 12.9. The van der Waals surface area contributed by atoms with Crippen LogP contribution in [0.5, 0.6) is 5.75 Å². The van der Waals surface area contributed by atoms with Crippen LogP contribution in [0.2, 0.25) is 0 Å². The first-order chi connectivity index (χ1) is 15.8. The van der Waals surface area contributed by atoms with Crippen LogP contribution < -0.4 is 9.64 Å². The van der Waals surface area contributed by atoms with Crippen molar-refractivity contribution in [2.45, 2.75) is 19.3 Å². The Balaban J connectivity index is 1.45. The number of rotatable bonds is 4. The van der Waals surface area contributed by atoms with Gasteiger partial charge < -0.3 is 14.6 Å². The second kappa shape index (κ2) is 7.64. The van der Waals surface area contributed by atoms with Crippen molar-refractivity contribution in [1.82, 2.24) is 30.1 Å². The number of hydrogen-bond acceptors (Lipinski definition) is 6. The van der Waals surface area contributed by atoms with Gasteiger partial charge in [0.25, 0.3) is 0 Å². The summed E-state index contributed by atoms with van der Waals surface area (Å²) in [4.78, 5) is 19.3. The minimum atomic E-state index is 0.699. The highest BCUT2D eigenvalue weighted by Crippen LogP contribution is 2.34. The molecule has 0 aromatic carbocycles. The van der Waals surface area contributed by atoms with E-state index < -0.39 is 0 Å². The first-order valence-corrected chi connectivity index (χ1v) is 10.9. The van der Waals surface area contributed by atoms with Crippen molar-refractivity contribution < 1.29 is 4.74 Å². The van der Waals surface area contributed by atoms with E-state index >= 15 is 0 Å². The lowest BCUT2D eigenvalue weighted by molar-refractivity contribution is 0.413. The standard InChI is InChI=1S/C24H23N7O/c1-32-16-7-15(10-25-11-16)19-9-18-22(13-27-19)29-30-24(18)20-8-17-21(28-20)12-26-14-23(17)31-5-3-2-4-6-31/h7-14,28H,2-6H2,1H3,(H,29,30). The van der Waals surface area contributed by atoms with Crippen LogP contribution in [0.1, 0.15) is 19.3 Å². The molecule has 2 N–H and O–H groups in total. The smallest absolute Gasteiger partial charge is 0.137 e. The van der Waals surface area contributed by atoms with Gasteiger partial charge in [-0.1, -0.05) is 0 Å². The molecule has 0 atom stereocenters. The molecular weight excluding hydrogens is 402 g/mol. The van der Waals surface area contributed by atoms with Gasteiger partial charge >= 0.3 is 0 Å². The number of piperidine rings is 1. The Bertz CT molecular complexity index is 1410. The number of ether oxygens (including phenoxy) is 1. The van der Waals surface area contributed by atoms with Gasteiger partial charge in [-0.3, -0.25) is 20.1 Å². The fraction of sp³-hybridized carbons (Fsp3) is 0.250. The maximum atomic E-state index is 5.31. The molecule has 0 aliphatic carbocycles. The highest BCUT2D eigenvalue weighted by molar-refractivity contribution is 6.00. The summed E-state index contributed by atoms with van der Waals surface area (Å²) in [5.74, 6) is 0.699. The summed E-state index contributed by atoms with van der Waals surface area (Å²) in [6, 6.07) is 6.16. The molecule has 0 spiro atoms. The molecule has 0 amide bonds. The minimum absolute atomic E-state index is 0.699. The van der Waals surface area contributed by atoms with Gasteiger partial charge in [0.15, 0.2) is 0 Å². The molecule has 0 radical (unpaired) electrons. The van der Waals surface area contributed by atoms with Crippen LogP contribution in [-0.4, -0.2) is 50.3 Å². The van der Waals surface area contributed by atoms with Crippen molar-refractivity contribution in [1.29, 1.82) is 0 Å². The van der Waals surface area contributed by atoms with Crippen molar-refractivity contribution in [3.63, 3.8) is 0 Å². The van der Waals surface area contributed by atoms with E-state index in [4.69, 9.17) is 4.74 Å². The van der Waals surface area contributed by atoms with Crippen LogP contribution in [0.15, 0.2) is 49.2 Å². The molecule has 0 saturated carbocycles. The van der Waals surface area contributed by atoms with Crippen LogP contribution >= 0.6 is 0 Å². The van der Waals surface area contributed by atoms with E-state index in [0.29, 0.717) is 5.75 Å². The molecule has 8 nitrogen and oxygen atoms in total. The fourth-order valence-corrected chi connectivity index (χ4v) is 4.50. The second-order valence-corrected chi connectivity index (χ2v) is 8.15. The zero-order valence-corrected chi connectivity index (χ0v) is 17.8. The summed E-state index contributed by atoms with van der Waals surface area (Å²) in [5.41, 5.74) is 6.62. The number of pyridine rings is 3. The summed E-state index contributed by atoms with van der Waals surface area (Å²) >= 11 is 0. The number of aromatic nitrogens is 6.